The number of nitrogens with zero attached hydrogens (tertiary/aromatic N) is 14. The predicted octanol–water partition coefficient (Wildman–Crippen LogP) is 15.8. The third-order valence-electron chi connectivity index (χ3n) is 22.8. The minimum Gasteiger partial charge on any atom is -0.387 e. The van der Waals surface area contributed by atoms with Crippen LogP contribution in [0.25, 0.3) is 117 Å². The molecule has 16 aromatic rings. The molecular formula is C91H87N17O5S. The fourth-order valence-electron chi connectivity index (χ4n) is 16.8. The molecule has 572 valence electrons. The molecule has 3 saturated carbocycles. The summed E-state index contributed by atoms with van der Waals surface area (Å²) in [5, 5.41) is 14.3. The number of aliphatic hydroxyl groups is 1. The number of morpholine rings is 1. The number of nitrogen functional groups attached to an aromatic ring is 3. The summed E-state index contributed by atoms with van der Waals surface area (Å²) in [5.74, 6) is 6.40. The van der Waals surface area contributed by atoms with Gasteiger partial charge in [0.2, 0.25) is 0 Å². The van der Waals surface area contributed by atoms with Crippen molar-refractivity contribution >= 4 is 76.8 Å². The van der Waals surface area contributed by atoms with E-state index in [1.54, 1.807) is 36.9 Å². The zero-order chi connectivity index (χ0) is 77.8. The summed E-state index contributed by atoms with van der Waals surface area (Å²) < 4.78 is 42.3. The van der Waals surface area contributed by atoms with Crippen LogP contribution in [0, 0.1) is 18.8 Å². The molecule has 4 aliphatic rings. The average molecular weight is 1530 g/mol. The summed E-state index contributed by atoms with van der Waals surface area (Å²) in [6.07, 6.45) is 16.1. The van der Waals surface area contributed by atoms with Gasteiger partial charge in [-0.25, -0.2) is 44.9 Å². The number of fused-ring (bicyclic) bond motifs is 6. The van der Waals surface area contributed by atoms with Gasteiger partial charge in [-0.1, -0.05) is 163 Å². The maximum atomic E-state index is 12.7. The third-order valence-corrected chi connectivity index (χ3v) is 24.1. The first-order valence-corrected chi connectivity index (χ1v) is 40.3. The lowest BCUT2D eigenvalue weighted by Gasteiger charge is -2.42. The van der Waals surface area contributed by atoms with Crippen LogP contribution in [0.4, 0.5) is 17.5 Å². The topological polar surface area (TPSA) is 287 Å². The van der Waals surface area contributed by atoms with Crippen molar-refractivity contribution in [3.8, 4) is 67.5 Å². The van der Waals surface area contributed by atoms with Gasteiger partial charge in [0.05, 0.1) is 63.9 Å². The van der Waals surface area contributed by atoms with E-state index in [4.69, 9.17) is 56.0 Å². The van der Waals surface area contributed by atoms with Crippen LogP contribution in [0.3, 0.4) is 0 Å². The number of hydrogen-bond acceptors (Lipinski definition) is 19. The Balaban J connectivity index is 0.000000120. The number of ether oxygens (including phenoxy) is 1. The number of imidazole rings is 3. The molecule has 0 amide bonds. The fraction of sp³-hybridized carbons (Fsp3) is 0.242. The second-order valence-corrected chi connectivity index (χ2v) is 32.7. The monoisotopic (exact) mass is 1530 g/mol. The van der Waals surface area contributed by atoms with Crippen LogP contribution >= 0.6 is 0 Å². The number of benzene rings is 7. The molecule has 0 unspecified atom stereocenters. The normalized spacial score (nSPS) is 19.0. The molecule has 7 aromatic carbocycles. The van der Waals surface area contributed by atoms with E-state index in [0.717, 1.165) is 200 Å². The van der Waals surface area contributed by atoms with Crippen LogP contribution in [0.5, 0.6) is 0 Å². The van der Waals surface area contributed by atoms with Crippen molar-refractivity contribution in [3.63, 3.8) is 0 Å². The zero-order valence-corrected chi connectivity index (χ0v) is 64.5. The molecule has 23 heteroatoms. The van der Waals surface area contributed by atoms with Gasteiger partial charge in [0.1, 0.15) is 68.6 Å². The van der Waals surface area contributed by atoms with Crippen molar-refractivity contribution in [1.29, 1.82) is 0 Å². The number of anilines is 3. The lowest BCUT2D eigenvalue weighted by Crippen LogP contribution is -2.47. The van der Waals surface area contributed by atoms with Crippen LogP contribution in [0.15, 0.2) is 248 Å². The van der Waals surface area contributed by atoms with E-state index >= 15 is 0 Å². The minimum absolute atomic E-state index is 0.0604. The first kappa shape index (κ1) is 73.3. The molecule has 0 bridgehead atoms. The number of aryl methyl sites for hydroxylation is 1. The van der Waals surface area contributed by atoms with Crippen molar-refractivity contribution in [1.82, 2.24) is 67.9 Å². The van der Waals surface area contributed by atoms with Crippen molar-refractivity contribution < 1.29 is 22.4 Å². The highest BCUT2D eigenvalue weighted by atomic mass is 32.2. The molecule has 1 saturated heterocycles. The third kappa shape index (κ3) is 14.8. The first-order valence-electron chi connectivity index (χ1n) is 38.9. The Morgan fingerprint density at radius 2 is 0.851 bits per heavy atom. The Hall–Kier alpha value is -12.2. The summed E-state index contributed by atoms with van der Waals surface area (Å²) in [6.45, 7) is 7.61. The number of rotatable bonds is 17. The van der Waals surface area contributed by atoms with Crippen LogP contribution < -0.4 is 17.2 Å². The van der Waals surface area contributed by atoms with E-state index in [9.17, 15) is 13.5 Å². The highest BCUT2D eigenvalue weighted by molar-refractivity contribution is 7.86. The molecule has 3 aliphatic carbocycles. The van der Waals surface area contributed by atoms with Crippen molar-refractivity contribution in [2.24, 2.45) is 11.8 Å². The molecule has 9 aromatic heterocycles. The number of pyridine rings is 3. The highest BCUT2D eigenvalue weighted by Gasteiger charge is 2.47. The number of aromatic nitrogens is 12. The summed E-state index contributed by atoms with van der Waals surface area (Å²) in [5.41, 5.74) is 35.3. The van der Waals surface area contributed by atoms with Crippen LogP contribution in [0.1, 0.15) is 79.3 Å². The van der Waals surface area contributed by atoms with Gasteiger partial charge < -0.3 is 31.9 Å². The van der Waals surface area contributed by atoms with Gasteiger partial charge in [-0.05, 0) is 120 Å². The second kappa shape index (κ2) is 30.7. The Bertz CT molecular complexity index is 6360. The van der Waals surface area contributed by atoms with Gasteiger partial charge in [-0.2, -0.15) is 8.42 Å². The molecule has 22 nitrogen and oxygen atoms in total. The number of nitrogens with two attached hydrogens (primary N) is 3. The van der Waals surface area contributed by atoms with Gasteiger partial charge in [-0.3, -0.25) is 22.3 Å². The van der Waals surface area contributed by atoms with E-state index < -0.39 is 15.7 Å². The van der Waals surface area contributed by atoms with E-state index in [1.807, 2.05) is 115 Å². The Labute approximate surface area is 660 Å². The quantitative estimate of drug-likeness (QED) is 0.0616. The van der Waals surface area contributed by atoms with Crippen LogP contribution in [-0.2, 0) is 19.0 Å². The van der Waals surface area contributed by atoms with Crippen LogP contribution in [0.2, 0.25) is 0 Å². The lowest BCUT2D eigenvalue weighted by molar-refractivity contribution is -0.0800. The molecule has 4 fully saturated rings. The standard InChI is InChI=1S/C33H29N5O4S.C30H30N6O.C28H28N6/c1-21-7-12-26(13-8-21)43(40,41)42-20-33(39)18-25(19-33)32-37-29(30-31(34)35-15-16-38(30)32)24-10-9-23-11-14-27(36-28(23)17-24)22-5-3-2-4-6-22;31-29-28-27(23-7-6-22-8-9-25(33-26(22)18-23)21-4-2-1-3-5-21)34-30(36(28)11-10-32-29)24-16-20(17-24)19-35-12-14-37-15-13-35;1-33(2)17-18-14-22(15-18)28-32-25(26-27(29)30-12-13-34(26)28)21-9-8-20-10-11-23(31-24(20)16-21)19-6-4-3-5-7-19/h2-17,25,39H,18-20H2,1H3,(H2,34,35);1-11,18,20,24H,12-17,19H2,(H2,31,32);3-13,16,18,22H,14-15,17H2,1-2H3,(H2,29,30). The summed E-state index contributed by atoms with van der Waals surface area (Å²) in [6, 6.07) is 68.2. The van der Waals surface area contributed by atoms with E-state index in [1.165, 1.54) is 12.1 Å². The molecule has 0 atom stereocenters. The summed E-state index contributed by atoms with van der Waals surface area (Å²) >= 11 is 0. The SMILES string of the molecule is CN(C)CC1CC(c2nc(-c3ccc4ccc(-c5ccccc5)nc4c3)c3c(N)nccn23)C1.Cc1ccc(S(=O)(=O)OCC2(O)CC(c3nc(-c4ccc5ccc(-c6ccccc6)nc5c4)c4c(N)nccn34)C2)cc1.Nc1nccn2c(C3CC(CN4CCOCC4)C3)nc(-c3ccc4ccc(-c5ccccc5)nc4c3)c12. The minimum atomic E-state index is -3.99. The highest BCUT2D eigenvalue weighted by Crippen LogP contribution is 2.49. The molecule has 20 rings (SSSR count). The Morgan fingerprint density at radius 1 is 0.474 bits per heavy atom. The summed E-state index contributed by atoms with van der Waals surface area (Å²) in [4.78, 5) is 48.1. The van der Waals surface area contributed by atoms with Gasteiger partial charge in [0, 0.05) is 131 Å². The predicted molar refractivity (Wildman–Crippen MR) is 449 cm³/mol. The molecule has 114 heavy (non-hydrogen) atoms. The second-order valence-electron chi connectivity index (χ2n) is 31.1. The fourth-order valence-corrected chi connectivity index (χ4v) is 17.8. The van der Waals surface area contributed by atoms with Gasteiger partial charge in [-0.15, -0.1) is 0 Å². The van der Waals surface area contributed by atoms with E-state index in [2.05, 4.69) is 139 Å². The van der Waals surface area contributed by atoms with E-state index in [-0.39, 0.29) is 30.3 Å². The first-order chi connectivity index (χ1) is 55.5. The van der Waals surface area contributed by atoms with Gasteiger partial charge in [0.25, 0.3) is 10.1 Å². The van der Waals surface area contributed by atoms with Gasteiger partial charge >= 0.3 is 0 Å². The van der Waals surface area contributed by atoms with Gasteiger partial charge in [0.15, 0.2) is 0 Å². The smallest absolute Gasteiger partial charge is 0.297 e. The molecule has 1 aliphatic heterocycles. The molecule has 0 radical (unpaired) electrons. The van der Waals surface area contributed by atoms with Crippen LogP contribution in [-0.4, -0.2) is 147 Å². The molecular weight excluding hydrogens is 1440 g/mol. The van der Waals surface area contributed by atoms with Crippen molar-refractivity contribution in [3.05, 3.63) is 266 Å². The maximum Gasteiger partial charge on any atom is 0.297 e. The lowest BCUT2D eigenvalue weighted by atomic mass is 9.71. The van der Waals surface area contributed by atoms with Crippen molar-refractivity contribution in [2.75, 3.05) is 77.3 Å². The zero-order valence-electron chi connectivity index (χ0n) is 63.7. The van der Waals surface area contributed by atoms with E-state index in [0.29, 0.717) is 46.4 Å². The largest absolute Gasteiger partial charge is 0.387 e. The van der Waals surface area contributed by atoms with Crippen molar-refractivity contribution in [2.45, 2.75) is 73.7 Å². The summed E-state index contributed by atoms with van der Waals surface area (Å²) in [7, 11) is 0.286. The molecule has 10 heterocycles. The Morgan fingerprint density at radius 3 is 1.25 bits per heavy atom. The average Bonchev–Trinajstić information content (AvgIpc) is 1.59. The molecule has 0 spiro atoms. The maximum absolute atomic E-state index is 12.7. The Kier molecular flexibility index (Phi) is 19.7. The number of hydrogen-bond donors (Lipinski definition) is 4. The molecule has 7 N–H and O–H groups in total.